The zero-order valence-corrected chi connectivity index (χ0v) is 16.8. The van der Waals surface area contributed by atoms with E-state index in [9.17, 15) is 8.42 Å². The molecule has 0 atom stereocenters. The average molecular weight is 384 g/mol. The van der Waals surface area contributed by atoms with E-state index in [1.807, 2.05) is 36.7 Å². The van der Waals surface area contributed by atoms with Crippen molar-refractivity contribution < 1.29 is 8.42 Å². The third-order valence-electron chi connectivity index (χ3n) is 5.35. The molecule has 0 saturated heterocycles. The fourth-order valence-corrected chi connectivity index (χ4v) is 5.97. The van der Waals surface area contributed by atoms with Gasteiger partial charge in [-0.2, -0.15) is 9.40 Å². The van der Waals surface area contributed by atoms with Gasteiger partial charge in [0.15, 0.2) is 0 Å². The third kappa shape index (κ3) is 3.17. The molecule has 0 aliphatic heterocycles. The fraction of sp³-hybridized carbons (Fsp3) is 0.381. The van der Waals surface area contributed by atoms with E-state index in [1.165, 1.54) is 10.8 Å². The fourth-order valence-electron chi connectivity index (χ4n) is 3.90. The van der Waals surface area contributed by atoms with E-state index in [4.69, 9.17) is 0 Å². The van der Waals surface area contributed by atoms with Gasteiger partial charge in [0, 0.05) is 12.6 Å². The molecular weight excluding hydrogens is 358 g/mol. The Morgan fingerprint density at radius 3 is 2.52 bits per heavy atom. The van der Waals surface area contributed by atoms with E-state index in [0.29, 0.717) is 29.4 Å². The summed E-state index contributed by atoms with van der Waals surface area (Å²) in [5.41, 5.74) is 2.42. The predicted octanol–water partition coefficient (Wildman–Crippen LogP) is 3.87. The summed E-state index contributed by atoms with van der Waals surface area (Å²) in [6.07, 6.45) is 1.91. The molecule has 1 fully saturated rings. The lowest BCUT2D eigenvalue weighted by Crippen LogP contribution is -2.33. The number of fused-ring (bicyclic) bond motifs is 1. The second-order valence-electron chi connectivity index (χ2n) is 7.24. The van der Waals surface area contributed by atoms with Gasteiger partial charge in [-0.15, -0.1) is 0 Å². The van der Waals surface area contributed by atoms with Gasteiger partial charge < -0.3 is 0 Å². The number of rotatable bonds is 6. The Labute approximate surface area is 160 Å². The molecule has 0 bridgehead atoms. The van der Waals surface area contributed by atoms with Gasteiger partial charge in [-0.3, -0.25) is 4.68 Å². The lowest BCUT2D eigenvalue weighted by atomic mass is 10.0. The summed E-state index contributed by atoms with van der Waals surface area (Å²) in [5.74, 6) is 0. The number of hydrogen-bond acceptors (Lipinski definition) is 3. The minimum absolute atomic E-state index is 0.153. The SMILES string of the molecule is CCN(C1CC1)S(=O)(=O)c1c(C)nn(Cc2cccc3ccccc23)c1C. The van der Waals surface area contributed by atoms with E-state index in [-0.39, 0.29) is 6.04 Å². The molecule has 27 heavy (non-hydrogen) atoms. The largest absolute Gasteiger partial charge is 0.264 e. The normalized spacial score (nSPS) is 15.0. The summed E-state index contributed by atoms with van der Waals surface area (Å²) in [5, 5.41) is 6.93. The molecule has 3 aromatic rings. The monoisotopic (exact) mass is 383 g/mol. The Morgan fingerprint density at radius 2 is 1.81 bits per heavy atom. The first kappa shape index (κ1) is 18.2. The Bertz CT molecular complexity index is 1090. The molecule has 1 aromatic heterocycles. The molecule has 0 unspecified atom stereocenters. The van der Waals surface area contributed by atoms with Gasteiger partial charge >= 0.3 is 0 Å². The van der Waals surface area contributed by atoms with Crippen LogP contribution in [0.15, 0.2) is 47.4 Å². The van der Waals surface area contributed by atoms with Crippen LogP contribution in [0.25, 0.3) is 10.8 Å². The van der Waals surface area contributed by atoms with Crippen molar-refractivity contribution in [3.8, 4) is 0 Å². The van der Waals surface area contributed by atoms with Crippen molar-refractivity contribution >= 4 is 20.8 Å². The quantitative estimate of drug-likeness (QED) is 0.649. The van der Waals surface area contributed by atoms with E-state index in [1.54, 1.807) is 11.2 Å². The molecule has 142 valence electrons. The number of hydrogen-bond donors (Lipinski definition) is 0. The highest BCUT2D eigenvalue weighted by molar-refractivity contribution is 7.89. The Hall–Kier alpha value is -2.18. The number of sulfonamides is 1. The summed E-state index contributed by atoms with van der Waals surface area (Å²) < 4.78 is 29.9. The van der Waals surface area contributed by atoms with E-state index in [2.05, 4.69) is 29.4 Å². The molecule has 0 spiro atoms. The van der Waals surface area contributed by atoms with Crippen LogP contribution in [0.4, 0.5) is 0 Å². The molecule has 1 aliphatic rings. The Morgan fingerprint density at radius 1 is 1.11 bits per heavy atom. The van der Waals surface area contributed by atoms with Gasteiger partial charge in [-0.25, -0.2) is 8.42 Å². The second kappa shape index (κ2) is 6.77. The van der Waals surface area contributed by atoms with Gasteiger partial charge in [-0.05, 0) is 43.0 Å². The third-order valence-corrected chi connectivity index (χ3v) is 7.63. The first-order chi connectivity index (χ1) is 12.9. The van der Waals surface area contributed by atoms with Crippen LogP contribution in [0.3, 0.4) is 0 Å². The van der Waals surface area contributed by atoms with Crippen molar-refractivity contribution in [2.24, 2.45) is 0 Å². The first-order valence-electron chi connectivity index (χ1n) is 9.46. The average Bonchev–Trinajstić information content (AvgIpc) is 3.41. The van der Waals surface area contributed by atoms with Crippen LogP contribution in [-0.4, -0.2) is 35.1 Å². The lowest BCUT2D eigenvalue weighted by molar-refractivity contribution is 0.420. The van der Waals surface area contributed by atoms with Crippen molar-refractivity contribution in [2.75, 3.05) is 6.54 Å². The summed E-state index contributed by atoms with van der Waals surface area (Å²) >= 11 is 0. The molecule has 0 N–H and O–H groups in total. The minimum Gasteiger partial charge on any atom is -0.264 e. The van der Waals surface area contributed by atoms with Crippen molar-refractivity contribution in [3.63, 3.8) is 0 Å². The Balaban J connectivity index is 1.75. The summed E-state index contributed by atoms with van der Waals surface area (Å²) in [4.78, 5) is 0.372. The van der Waals surface area contributed by atoms with Crippen LogP contribution in [0.2, 0.25) is 0 Å². The molecule has 1 aliphatic carbocycles. The number of aryl methyl sites for hydroxylation is 1. The molecule has 1 saturated carbocycles. The number of nitrogens with zero attached hydrogens (tertiary/aromatic N) is 3. The smallest absolute Gasteiger partial charge is 0.246 e. The highest BCUT2D eigenvalue weighted by atomic mass is 32.2. The summed E-state index contributed by atoms with van der Waals surface area (Å²) in [6, 6.07) is 14.6. The number of benzene rings is 2. The van der Waals surface area contributed by atoms with Crippen molar-refractivity contribution in [1.29, 1.82) is 0 Å². The van der Waals surface area contributed by atoms with Crippen molar-refractivity contribution in [2.45, 2.75) is 51.1 Å². The maximum Gasteiger partial charge on any atom is 0.246 e. The lowest BCUT2D eigenvalue weighted by Gasteiger charge is -2.20. The minimum atomic E-state index is -3.51. The highest BCUT2D eigenvalue weighted by Crippen LogP contribution is 2.34. The van der Waals surface area contributed by atoms with Gasteiger partial charge in [0.2, 0.25) is 10.0 Å². The predicted molar refractivity (Wildman–Crippen MR) is 107 cm³/mol. The van der Waals surface area contributed by atoms with Crippen molar-refractivity contribution in [3.05, 3.63) is 59.4 Å². The maximum atomic E-state index is 13.2. The molecule has 4 rings (SSSR count). The molecule has 1 heterocycles. The first-order valence-corrected chi connectivity index (χ1v) is 10.9. The van der Waals surface area contributed by atoms with Gasteiger partial charge in [-0.1, -0.05) is 49.4 Å². The molecular formula is C21H25N3O2S. The topological polar surface area (TPSA) is 55.2 Å². The summed E-state index contributed by atoms with van der Waals surface area (Å²) in [7, 11) is -3.51. The van der Waals surface area contributed by atoms with E-state index < -0.39 is 10.0 Å². The Kier molecular flexibility index (Phi) is 4.56. The van der Waals surface area contributed by atoms with E-state index >= 15 is 0 Å². The standard InChI is InChI=1S/C21H25N3O2S/c1-4-24(19-12-13-19)27(25,26)21-15(2)22-23(16(21)3)14-18-10-7-9-17-8-5-6-11-20(17)18/h5-11,19H,4,12-14H2,1-3H3. The molecule has 6 heteroatoms. The van der Waals surface area contributed by atoms with Gasteiger partial charge in [0.05, 0.1) is 17.9 Å². The van der Waals surface area contributed by atoms with Crippen molar-refractivity contribution in [1.82, 2.24) is 14.1 Å². The summed E-state index contributed by atoms with van der Waals surface area (Å²) in [6.45, 7) is 6.61. The van der Waals surface area contributed by atoms with Crippen LogP contribution in [-0.2, 0) is 16.6 Å². The molecule has 0 amide bonds. The van der Waals surface area contributed by atoms with E-state index in [0.717, 1.165) is 18.4 Å². The zero-order valence-electron chi connectivity index (χ0n) is 16.0. The molecule has 5 nitrogen and oxygen atoms in total. The van der Waals surface area contributed by atoms with Crippen LogP contribution >= 0.6 is 0 Å². The highest BCUT2D eigenvalue weighted by Gasteiger charge is 2.39. The second-order valence-corrected chi connectivity index (χ2v) is 9.06. The van der Waals surface area contributed by atoms with Gasteiger partial charge in [0.25, 0.3) is 0 Å². The van der Waals surface area contributed by atoms with Crippen LogP contribution in [0.5, 0.6) is 0 Å². The maximum absolute atomic E-state index is 13.2. The zero-order chi connectivity index (χ0) is 19.2. The molecule has 2 aromatic carbocycles. The van der Waals surface area contributed by atoms with Crippen LogP contribution in [0, 0.1) is 13.8 Å². The van der Waals surface area contributed by atoms with Crippen LogP contribution < -0.4 is 0 Å². The van der Waals surface area contributed by atoms with Crippen LogP contribution in [0.1, 0.15) is 36.7 Å². The number of aromatic nitrogens is 2. The molecule has 0 radical (unpaired) electrons. The van der Waals surface area contributed by atoms with Gasteiger partial charge in [0.1, 0.15) is 4.90 Å².